The van der Waals surface area contributed by atoms with Crippen LogP contribution in [0.2, 0.25) is 0 Å². The van der Waals surface area contributed by atoms with Gasteiger partial charge in [0.15, 0.2) is 0 Å². The molecule has 2 aliphatic rings. The Morgan fingerprint density at radius 3 is 2.56 bits per heavy atom. The van der Waals surface area contributed by atoms with Crippen molar-refractivity contribution in [3.63, 3.8) is 0 Å². The minimum atomic E-state index is -0.369. The Hall–Kier alpha value is -2.04. The second kappa shape index (κ2) is 7.06. The van der Waals surface area contributed by atoms with Gasteiger partial charge in [-0.05, 0) is 48.1 Å². The van der Waals surface area contributed by atoms with Gasteiger partial charge in [0.1, 0.15) is 0 Å². The van der Waals surface area contributed by atoms with Crippen LogP contribution in [-0.4, -0.2) is 36.0 Å². The molecule has 0 bridgehead atoms. The summed E-state index contributed by atoms with van der Waals surface area (Å²) < 4.78 is 0. The fourth-order valence-electron chi connectivity index (χ4n) is 4.26. The Kier molecular flexibility index (Phi) is 5.02. The standard InChI is InChI=1S/C20H29N3O2/c1-20(2)10-7-14(16-5-3-4-6-17(16)20)13-18(24)22-15-8-11-23(12-9-15)19(21)25/h3-6,14-15H,7-13H2,1-2H3,(H2,21,25)(H,22,24)/t14-/m1/s1. The number of nitrogens with two attached hydrogens (primary N) is 1. The number of hydrogen-bond acceptors (Lipinski definition) is 2. The van der Waals surface area contributed by atoms with E-state index in [9.17, 15) is 9.59 Å². The van der Waals surface area contributed by atoms with E-state index in [2.05, 4.69) is 43.4 Å². The fraction of sp³-hybridized carbons (Fsp3) is 0.600. The predicted octanol–water partition coefficient (Wildman–Crippen LogP) is 2.89. The van der Waals surface area contributed by atoms with Gasteiger partial charge in [-0.2, -0.15) is 0 Å². The summed E-state index contributed by atoms with van der Waals surface area (Å²) in [5.74, 6) is 0.423. The number of nitrogens with one attached hydrogen (secondary N) is 1. The molecule has 1 saturated heterocycles. The van der Waals surface area contributed by atoms with Crippen LogP contribution in [0.15, 0.2) is 24.3 Å². The lowest BCUT2D eigenvalue weighted by molar-refractivity contribution is -0.122. The zero-order valence-electron chi connectivity index (χ0n) is 15.3. The number of rotatable bonds is 3. The monoisotopic (exact) mass is 343 g/mol. The molecule has 3 amide bonds. The van der Waals surface area contributed by atoms with Crippen LogP contribution < -0.4 is 11.1 Å². The molecule has 1 aliphatic carbocycles. The summed E-state index contributed by atoms with van der Waals surface area (Å²) in [6.45, 7) is 5.82. The maximum atomic E-state index is 12.5. The normalized spacial score (nSPS) is 23.0. The molecule has 1 aromatic carbocycles. The SMILES string of the molecule is CC1(C)CC[C@H](CC(=O)NC2CCN(C(N)=O)CC2)c2ccccc21. The second-order valence-electron chi connectivity index (χ2n) is 8.08. The van der Waals surface area contributed by atoms with E-state index in [-0.39, 0.29) is 23.4 Å². The van der Waals surface area contributed by atoms with Crippen LogP contribution in [0.3, 0.4) is 0 Å². The van der Waals surface area contributed by atoms with Gasteiger partial charge in [-0.3, -0.25) is 4.79 Å². The number of amides is 3. The zero-order valence-corrected chi connectivity index (χ0v) is 15.3. The highest BCUT2D eigenvalue weighted by Crippen LogP contribution is 2.43. The Labute approximate surface area is 150 Å². The number of primary amides is 1. The number of nitrogens with zero attached hydrogens (tertiary/aromatic N) is 1. The first-order chi connectivity index (χ1) is 11.9. The van der Waals surface area contributed by atoms with E-state index >= 15 is 0 Å². The van der Waals surface area contributed by atoms with Gasteiger partial charge in [-0.15, -0.1) is 0 Å². The Balaban J connectivity index is 1.58. The number of urea groups is 1. The Morgan fingerprint density at radius 1 is 1.20 bits per heavy atom. The van der Waals surface area contributed by atoms with Crippen LogP contribution in [0.4, 0.5) is 4.79 Å². The average Bonchev–Trinajstić information content (AvgIpc) is 2.58. The molecule has 1 atom stereocenters. The third-order valence-electron chi connectivity index (χ3n) is 5.85. The lowest BCUT2D eigenvalue weighted by Crippen LogP contribution is -2.48. The van der Waals surface area contributed by atoms with Gasteiger partial charge in [-0.1, -0.05) is 38.1 Å². The zero-order chi connectivity index (χ0) is 18.0. The van der Waals surface area contributed by atoms with Gasteiger partial charge < -0.3 is 16.0 Å². The fourth-order valence-corrected chi connectivity index (χ4v) is 4.26. The molecule has 0 spiro atoms. The summed E-state index contributed by atoms with van der Waals surface area (Å²) in [4.78, 5) is 25.4. The number of carbonyl (C=O) groups is 2. The van der Waals surface area contributed by atoms with E-state index in [0.29, 0.717) is 25.4 Å². The summed E-state index contributed by atoms with van der Waals surface area (Å²) in [7, 11) is 0. The van der Waals surface area contributed by atoms with Gasteiger partial charge in [0, 0.05) is 25.6 Å². The maximum absolute atomic E-state index is 12.5. The first-order valence-electron chi connectivity index (χ1n) is 9.30. The van der Waals surface area contributed by atoms with Gasteiger partial charge in [0.2, 0.25) is 5.91 Å². The van der Waals surface area contributed by atoms with Crippen LogP contribution in [0, 0.1) is 0 Å². The van der Waals surface area contributed by atoms with E-state index in [0.717, 1.165) is 25.7 Å². The smallest absolute Gasteiger partial charge is 0.314 e. The lowest BCUT2D eigenvalue weighted by atomic mass is 9.68. The first-order valence-corrected chi connectivity index (χ1v) is 9.30. The maximum Gasteiger partial charge on any atom is 0.314 e. The van der Waals surface area contributed by atoms with Crippen molar-refractivity contribution in [1.29, 1.82) is 0 Å². The predicted molar refractivity (Wildman–Crippen MR) is 98.4 cm³/mol. The van der Waals surface area contributed by atoms with E-state index < -0.39 is 0 Å². The summed E-state index contributed by atoms with van der Waals surface area (Å²) in [5.41, 5.74) is 8.20. The highest BCUT2D eigenvalue weighted by atomic mass is 16.2. The third-order valence-corrected chi connectivity index (χ3v) is 5.85. The molecular weight excluding hydrogens is 314 g/mol. The summed E-state index contributed by atoms with van der Waals surface area (Å²) in [5, 5.41) is 3.16. The van der Waals surface area contributed by atoms with E-state index in [1.807, 2.05) is 0 Å². The highest BCUT2D eigenvalue weighted by molar-refractivity contribution is 5.77. The lowest BCUT2D eigenvalue weighted by Gasteiger charge is -2.37. The van der Waals surface area contributed by atoms with E-state index in [1.165, 1.54) is 11.1 Å². The molecule has 0 saturated carbocycles. The average molecular weight is 343 g/mol. The molecule has 1 aliphatic heterocycles. The first kappa shape index (κ1) is 17.8. The summed E-state index contributed by atoms with van der Waals surface area (Å²) in [6.07, 6.45) is 4.27. The number of carbonyl (C=O) groups excluding carboxylic acids is 2. The Bertz CT molecular complexity index is 648. The number of fused-ring (bicyclic) bond motifs is 1. The van der Waals surface area contributed by atoms with Crippen molar-refractivity contribution >= 4 is 11.9 Å². The summed E-state index contributed by atoms with van der Waals surface area (Å²) in [6, 6.07) is 8.34. The molecule has 25 heavy (non-hydrogen) atoms. The minimum absolute atomic E-state index is 0.122. The molecule has 1 aromatic rings. The quantitative estimate of drug-likeness (QED) is 0.885. The van der Waals surface area contributed by atoms with Crippen molar-refractivity contribution in [3.8, 4) is 0 Å². The van der Waals surface area contributed by atoms with Crippen molar-refractivity contribution < 1.29 is 9.59 Å². The van der Waals surface area contributed by atoms with Crippen molar-refractivity contribution in [2.45, 2.75) is 63.3 Å². The van der Waals surface area contributed by atoms with E-state index in [4.69, 9.17) is 5.73 Å². The minimum Gasteiger partial charge on any atom is -0.353 e. The van der Waals surface area contributed by atoms with Crippen LogP contribution in [0.25, 0.3) is 0 Å². The van der Waals surface area contributed by atoms with Crippen LogP contribution >= 0.6 is 0 Å². The topological polar surface area (TPSA) is 75.4 Å². The number of hydrogen-bond donors (Lipinski definition) is 2. The highest BCUT2D eigenvalue weighted by Gasteiger charge is 2.33. The number of likely N-dealkylation sites (tertiary alicyclic amines) is 1. The summed E-state index contributed by atoms with van der Waals surface area (Å²) >= 11 is 0. The van der Waals surface area contributed by atoms with Gasteiger partial charge in [0.25, 0.3) is 0 Å². The van der Waals surface area contributed by atoms with Crippen LogP contribution in [-0.2, 0) is 10.2 Å². The number of piperidine rings is 1. The van der Waals surface area contributed by atoms with Crippen molar-refractivity contribution in [3.05, 3.63) is 35.4 Å². The van der Waals surface area contributed by atoms with Crippen molar-refractivity contribution in [2.24, 2.45) is 5.73 Å². The molecule has 0 unspecified atom stereocenters. The molecule has 3 N–H and O–H groups in total. The Morgan fingerprint density at radius 2 is 1.88 bits per heavy atom. The van der Waals surface area contributed by atoms with Gasteiger partial charge in [0.05, 0.1) is 0 Å². The molecule has 136 valence electrons. The largest absolute Gasteiger partial charge is 0.353 e. The molecule has 5 nitrogen and oxygen atoms in total. The molecule has 3 rings (SSSR count). The van der Waals surface area contributed by atoms with Crippen LogP contribution in [0.1, 0.15) is 63.0 Å². The molecule has 1 heterocycles. The second-order valence-corrected chi connectivity index (χ2v) is 8.08. The molecule has 0 aromatic heterocycles. The molecule has 0 radical (unpaired) electrons. The molecular formula is C20H29N3O2. The molecule has 1 fully saturated rings. The van der Waals surface area contributed by atoms with Crippen molar-refractivity contribution in [2.75, 3.05) is 13.1 Å². The van der Waals surface area contributed by atoms with Gasteiger partial charge >= 0.3 is 6.03 Å². The number of benzene rings is 1. The van der Waals surface area contributed by atoms with Gasteiger partial charge in [-0.25, -0.2) is 4.79 Å². The molecule has 5 heteroatoms. The van der Waals surface area contributed by atoms with E-state index in [1.54, 1.807) is 4.90 Å². The van der Waals surface area contributed by atoms with Crippen LogP contribution in [0.5, 0.6) is 0 Å². The van der Waals surface area contributed by atoms with Crippen molar-refractivity contribution in [1.82, 2.24) is 10.2 Å². The third kappa shape index (κ3) is 3.97.